The van der Waals surface area contributed by atoms with Crippen molar-refractivity contribution < 1.29 is 19.8 Å². The summed E-state index contributed by atoms with van der Waals surface area (Å²) < 4.78 is 0. The van der Waals surface area contributed by atoms with Crippen LogP contribution in [0.3, 0.4) is 0 Å². The van der Waals surface area contributed by atoms with Gasteiger partial charge in [0.1, 0.15) is 12.3 Å². The van der Waals surface area contributed by atoms with E-state index >= 15 is 0 Å². The van der Waals surface area contributed by atoms with Crippen molar-refractivity contribution in [2.75, 3.05) is 13.1 Å². The number of carbonyl (C=O) groups excluding carboxylic acids is 1. The Morgan fingerprint density at radius 2 is 1.85 bits per heavy atom. The molecule has 0 saturated carbocycles. The summed E-state index contributed by atoms with van der Waals surface area (Å²) in [6.07, 6.45) is 2.61. The van der Waals surface area contributed by atoms with Crippen LogP contribution in [0.2, 0.25) is 0 Å². The molecule has 1 amide bonds. The average molecular weight is 298 g/mol. The van der Waals surface area contributed by atoms with Crippen molar-refractivity contribution in [3.63, 3.8) is 0 Å². The number of aliphatic hydroxyl groups excluding tert-OH is 1. The molecule has 6 nitrogen and oxygen atoms in total. The molecule has 0 rings (SSSR count). The third-order valence-electron chi connectivity index (χ3n) is 3.03. The van der Waals surface area contributed by atoms with Crippen LogP contribution in [0.4, 0.5) is 0 Å². The van der Waals surface area contributed by atoms with Gasteiger partial charge in [0.15, 0.2) is 0 Å². The number of nitrogens with one attached hydrogen (secondary N) is 1. The molecule has 7 heteroatoms. The second-order valence-corrected chi connectivity index (χ2v) is 4.69. The van der Waals surface area contributed by atoms with Gasteiger partial charge in [0.05, 0.1) is 0 Å². The van der Waals surface area contributed by atoms with Crippen LogP contribution in [0.15, 0.2) is 0 Å². The predicted molar refractivity (Wildman–Crippen MR) is 79.8 cm³/mol. The predicted octanol–water partition coefficient (Wildman–Crippen LogP) is 0.148. The van der Waals surface area contributed by atoms with Crippen LogP contribution in [-0.4, -0.2) is 81.9 Å². The summed E-state index contributed by atoms with van der Waals surface area (Å²) in [6.45, 7) is 5.75. The van der Waals surface area contributed by atoms with Crippen molar-refractivity contribution in [2.24, 2.45) is 0 Å². The molecule has 0 aromatic heterocycles. The number of aliphatic carboxylic acids is 1. The third-order valence-corrected chi connectivity index (χ3v) is 3.03. The summed E-state index contributed by atoms with van der Waals surface area (Å²) in [5.41, 5.74) is 0. The first kappa shape index (κ1) is 22.1. The molecular weight excluding hydrogens is 271 g/mol. The van der Waals surface area contributed by atoms with Crippen molar-refractivity contribution in [1.82, 2.24) is 10.2 Å². The van der Waals surface area contributed by atoms with Crippen LogP contribution in [0.1, 0.15) is 46.5 Å². The zero-order valence-corrected chi connectivity index (χ0v) is 12.1. The summed E-state index contributed by atoms with van der Waals surface area (Å²) in [5, 5.41) is 21.2. The topological polar surface area (TPSA) is 89.9 Å². The Morgan fingerprint density at radius 1 is 1.25 bits per heavy atom. The molecule has 0 saturated heterocycles. The van der Waals surface area contributed by atoms with E-state index in [4.69, 9.17) is 5.11 Å². The van der Waals surface area contributed by atoms with E-state index in [0.717, 1.165) is 19.3 Å². The molecule has 0 fully saturated rings. The van der Waals surface area contributed by atoms with Gasteiger partial charge in [0, 0.05) is 19.5 Å². The van der Waals surface area contributed by atoms with Gasteiger partial charge in [0.25, 0.3) is 0 Å². The zero-order chi connectivity index (χ0) is 14.8. The van der Waals surface area contributed by atoms with Crippen LogP contribution >= 0.6 is 0 Å². The van der Waals surface area contributed by atoms with E-state index in [0.29, 0.717) is 19.5 Å². The molecule has 0 aromatic carbocycles. The van der Waals surface area contributed by atoms with Gasteiger partial charge < -0.3 is 15.5 Å². The Bertz CT molecular complexity index is 288. The fourth-order valence-electron chi connectivity index (χ4n) is 1.79. The van der Waals surface area contributed by atoms with Crippen LogP contribution in [0.25, 0.3) is 0 Å². The van der Waals surface area contributed by atoms with Crippen molar-refractivity contribution >= 4 is 41.4 Å². The first-order chi connectivity index (χ1) is 8.90. The summed E-state index contributed by atoms with van der Waals surface area (Å²) in [5.74, 6) is -1.02. The number of amides is 1. The molecule has 0 aliphatic carbocycles. The number of unbranched alkanes of at least 4 members (excludes halogenated alkanes) is 2. The molecular formula is C13H27N2NaO4. The van der Waals surface area contributed by atoms with Gasteiger partial charge in [-0.1, -0.05) is 19.8 Å². The Balaban J connectivity index is 0. The molecule has 0 aliphatic rings. The maximum absolute atomic E-state index is 11.5. The number of hydrogen-bond acceptors (Lipinski definition) is 4. The number of carbonyl (C=O) groups is 2. The molecule has 0 bridgehead atoms. The van der Waals surface area contributed by atoms with Crippen LogP contribution in [0.5, 0.6) is 0 Å². The van der Waals surface area contributed by atoms with Gasteiger partial charge >= 0.3 is 35.5 Å². The van der Waals surface area contributed by atoms with Gasteiger partial charge in [0.2, 0.25) is 5.91 Å². The van der Waals surface area contributed by atoms with Gasteiger partial charge in [-0.25, -0.2) is 0 Å². The Kier molecular flexibility index (Phi) is 13.9. The third kappa shape index (κ3) is 9.72. The second-order valence-electron chi connectivity index (χ2n) is 4.69. The van der Waals surface area contributed by atoms with E-state index in [-0.39, 0.29) is 35.5 Å². The molecule has 2 atom stereocenters. The zero-order valence-electron chi connectivity index (χ0n) is 12.1. The molecule has 114 valence electrons. The van der Waals surface area contributed by atoms with Gasteiger partial charge in [-0.15, -0.1) is 0 Å². The van der Waals surface area contributed by atoms with Gasteiger partial charge in [-0.05, 0) is 20.3 Å². The molecule has 2 unspecified atom stereocenters. The van der Waals surface area contributed by atoms with E-state index in [2.05, 4.69) is 12.2 Å². The molecule has 3 N–H and O–H groups in total. The fourth-order valence-corrected chi connectivity index (χ4v) is 1.79. The quantitative estimate of drug-likeness (QED) is 0.303. The van der Waals surface area contributed by atoms with Crippen LogP contribution in [-0.2, 0) is 9.59 Å². The maximum atomic E-state index is 11.5. The summed E-state index contributed by atoms with van der Waals surface area (Å²) in [7, 11) is 0. The van der Waals surface area contributed by atoms with E-state index in [1.54, 1.807) is 0 Å². The molecule has 0 heterocycles. The van der Waals surface area contributed by atoms with Crippen molar-refractivity contribution in [2.45, 2.75) is 58.7 Å². The van der Waals surface area contributed by atoms with Crippen molar-refractivity contribution in [3.05, 3.63) is 0 Å². The number of hydrogen-bond donors (Lipinski definition) is 3. The average Bonchev–Trinajstić information content (AvgIpc) is 2.33. The first-order valence-electron chi connectivity index (χ1n) is 6.83. The van der Waals surface area contributed by atoms with E-state index < -0.39 is 18.2 Å². The summed E-state index contributed by atoms with van der Waals surface area (Å²) in [6, 6.07) is -0.781. The minimum atomic E-state index is -0.991. The number of carboxylic acid groups (broad SMARTS) is 1. The number of nitrogens with zero attached hydrogens (tertiary/aromatic N) is 1. The monoisotopic (exact) mass is 298 g/mol. The second kappa shape index (κ2) is 12.6. The first-order valence-corrected chi connectivity index (χ1v) is 6.83. The number of carboxylic acids is 1. The Labute approximate surface area is 143 Å². The SMILES string of the molecule is CCCCCC(=O)NCCN(C(C)O)C(C)C(=O)O.[NaH]. The fraction of sp³-hybridized carbons (Fsp3) is 0.846. The number of aliphatic hydroxyl groups is 1. The molecule has 0 radical (unpaired) electrons. The summed E-state index contributed by atoms with van der Waals surface area (Å²) >= 11 is 0. The van der Waals surface area contributed by atoms with Crippen LogP contribution < -0.4 is 5.32 Å². The van der Waals surface area contributed by atoms with Crippen LogP contribution in [0, 0.1) is 0 Å². The Hall–Kier alpha value is -0.140. The van der Waals surface area contributed by atoms with Gasteiger partial charge in [-0.3, -0.25) is 14.5 Å². The molecule has 20 heavy (non-hydrogen) atoms. The molecule has 0 aliphatic heterocycles. The van der Waals surface area contributed by atoms with E-state index in [1.165, 1.54) is 18.7 Å². The normalized spacial score (nSPS) is 13.4. The van der Waals surface area contributed by atoms with Gasteiger partial charge in [-0.2, -0.15) is 0 Å². The molecule has 0 aromatic rings. The number of rotatable bonds is 10. The minimum absolute atomic E-state index is 0. The van der Waals surface area contributed by atoms with E-state index in [9.17, 15) is 14.7 Å². The summed E-state index contributed by atoms with van der Waals surface area (Å²) in [4.78, 5) is 23.8. The standard InChI is InChI=1S/C13H26N2O4.Na.H/c1-4-5-6-7-12(17)14-8-9-15(11(3)16)10(2)13(18)19;;/h10-11,16H,4-9H2,1-3H3,(H,14,17)(H,18,19);;. The van der Waals surface area contributed by atoms with Crippen molar-refractivity contribution in [1.29, 1.82) is 0 Å². The van der Waals surface area contributed by atoms with E-state index in [1.807, 2.05) is 0 Å². The van der Waals surface area contributed by atoms with Crippen molar-refractivity contribution in [3.8, 4) is 0 Å². The Morgan fingerprint density at radius 3 is 2.30 bits per heavy atom. The molecule has 0 spiro atoms.